The Labute approximate surface area is 149 Å². The molecule has 0 radical (unpaired) electrons. The van der Waals surface area contributed by atoms with E-state index in [-0.39, 0.29) is 10.7 Å². The molecular formula is C17H17ClN4O3. The van der Waals surface area contributed by atoms with Gasteiger partial charge in [0.25, 0.3) is 5.91 Å². The Balaban J connectivity index is 1.84. The number of nitrogens with one attached hydrogen (secondary N) is 1. The number of amides is 1. The van der Waals surface area contributed by atoms with E-state index in [0.717, 1.165) is 25.9 Å². The summed E-state index contributed by atoms with van der Waals surface area (Å²) in [7, 11) is 0. The van der Waals surface area contributed by atoms with Gasteiger partial charge in [-0.2, -0.15) is 0 Å². The van der Waals surface area contributed by atoms with Crippen molar-refractivity contribution in [3.63, 3.8) is 0 Å². The number of aromatic nitrogens is 2. The lowest BCUT2D eigenvalue weighted by Crippen LogP contribution is -2.34. The first-order chi connectivity index (χ1) is 12.1. The molecule has 7 nitrogen and oxygen atoms in total. The molecule has 0 saturated carbocycles. The SMILES string of the molecule is O=C(N[C@@H](C(=O)O)c1ccccc1)c1nc(N2CCCC2)ncc1Cl. The van der Waals surface area contributed by atoms with Crippen molar-refractivity contribution in [2.45, 2.75) is 18.9 Å². The summed E-state index contributed by atoms with van der Waals surface area (Å²) in [4.78, 5) is 34.5. The van der Waals surface area contributed by atoms with Crippen molar-refractivity contribution in [1.82, 2.24) is 15.3 Å². The maximum Gasteiger partial charge on any atom is 0.330 e. The van der Waals surface area contributed by atoms with Crippen molar-refractivity contribution in [3.05, 3.63) is 52.8 Å². The van der Waals surface area contributed by atoms with E-state index in [9.17, 15) is 14.7 Å². The molecule has 130 valence electrons. The van der Waals surface area contributed by atoms with Gasteiger partial charge in [-0.25, -0.2) is 14.8 Å². The van der Waals surface area contributed by atoms with Crippen molar-refractivity contribution < 1.29 is 14.7 Å². The van der Waals surface area contributed by atoms with Crippen LogP contribution in [0.15, 0.2) is 36.5 Å². The molecule has 0 unspecified atom stereocenters. The van der Waals surface area contributed by atoms with Crippen LogP contribution in [0, 0.1) is 0 Å². The third-order valence-corrected chi connectivity index (χ3v) is 4.27. The highest BCUT2D eigenvalue weighted by molar-refractivity contribution is 6.33. The lowest BCUT2D eigenvalue weighted by molar-refractivity contribution is -0.139. The van der Waals surface area contributed by atoms with E-state index in [0.29, 0.717) is 11.5 Å². The topological polar surface area (TPSA) is 95.4 Å². The predicted octanol–water partition coefficient (Wildman–Crippen LogP) is 2.29. The van der Waals surface area contributed by atoms with Crippen LogP contribution >= 0.6 is 11.6 Å². The molecule has 1 aromatic carbocycles. The number of rotatable bonds is 5. The molecule has 1 aromatic heterocycles. The number of nitrogens with zero attached hydrogens (tertiary/aromatic N) is 3. The third-order valence-electron chi connectivity index (χ3n) is 3.99. The molecule has 8 heteroatoms. The first kappa shape index (κ1) is 17.2. The van der Waals surface area contributed by atoms with E-state index < -0.39 is 17.9 Å². The number of aliphatic carboxylic acids is 1. The molecule has 1 atom stereocenters. The van der Waals surface area contributed by atoms with Crippen LogP contribution in [0.4, 0.5) is 5.95 Å². The van der Waals surface area contributed by atoms with Gasteiger partial charge >= 0.3 is 5.97 Å². The molecule has 3 rings (SSSR count). The molecular weight excluding hydrogens is 344 g/mol. The number of anilines is 1. The smallest absolute Gasteiger partial charge is 0.330 e. The quantitative estimate of drug-likeness (QED) is 0.849. The molecule has 2 N–H and O–H groups in total. The van der Waals surface area contributed by atoms with Gasteiger partial charge in [-0.05, 0) is 18.4 Å². The standard InChI is InChI=1S/C17H17ClN4O3/c18-12-10-19-17(22-8-4-5-9-22)21-14(12)15(23)20-13(16(24)25)11-6-2-1-3-7-11/h1-3,6-7,10,13H,4-5,8-9H2,(H,20,23)(H,24,25)/t13-/m1/s1. The van der Waals surface area contributed by atoms with Crippen molar-refractivity contribution in [2.24, 2.45) is 0 Å². The molecule has 0 spiro atoms. The minimum absolute atomic E-state index is 0.0271. The van der Waals surface area contributed by atoms with Crippen molar-refractivity contribution in [1.29, 1.82) is 0 Å². The zero-order valence-corrected chi connectivity index (χ0v) is 14.1. The minimum Gasteiger partial charge on any atom is -0.479 e. The van der Waals surface area contributed by atoms with Crippen LogP contribution in [0.25, 0.3) is 0 Å². The lowest BCUT2D eigenvalue weighted by Gasteiger charge is -2.17. The first-order valence-corrected chi connectivity index (χ1v) is 8.30. The zero-order valence-electron chi connectivity index (χ0n) is 13.4. The molecule has 25 heavy (non-hydrogen) atoms. The van der Waals surface area contributed by atoms with Crippen LogP contribution < -0.4 is 10.2 Å². The van der Waals surface area contributed by atoms with Crippen molar-refractivity contribution >= 4 is 29.4 Å². The van der Waals surface area contributed by atoms with Gasteiger partial charge in [-0.3, -0.25) is 4.79 Å². The number of hydrogen-bond acceptors (Lipinski definition) is 5. The fraction of sp³-hybridized carbons (Fsp3) is 0.294. The summed E-state index contributed by atoms with van der Waals surface area (Å²) in [6.45, 7) is 1.65. The van der Waals surface area contributed by atoms with E-state index in [1.165, 1.54) is 6.20 Å². The van der Waals surface area contributed by atoms with Crippen LogP contribution in [0.3, 0.4) is 0 Å². The van der Waals surface area contributed by atoms with Crippen LogP contribution in [0.2, 0.25) is 5.02 Å². The monoisotopic (exact) mass is 360 g/mol. The molecule has 2 aromatic rings. The number of carbonyl (C=O) groups excluding carboxylic acids is 1. The highest BCUT2D eigenvalue weighted by Gasteiger charge is 2.25. The van der Waals surface area contributed by atoms with Gasteiger partial charge in [0.1, 0.15) is 0 Å². The Bertz CT molecular complexity index is 779. The third kappa shape index (κ3) is 3.88. The molecule has 1 fully saturated rings. The Kier molecular flexibility index (Phi) is 5.14. The van der Waals surface area contributed by atoms with Gasteiger partial charge in [0.15, 0.2) is 11.7 Å². The fourth-order valence-electron chi connectivity index (χ4n) is 2.72. The summed E-state index contributed by atoms with van der Waals surface area (Å²) in [5.41, 5.74) is 0.439. The highest BCUT2D eigenvalue weighted by atomic mass is 35.5. The second-order valence-electron chi connectivity index (χ2n) is 5.72. The van der Waals surface area contributed by atoms with E-state index in [4.69, 9.17) is 11.6 Å². The zero-order chi connectivity index (χ0) is 17.8. The Morgan fingerprint density at radius 2 is 1.88 bits per heavy atom. The molecule has 1 amide bonds. The van der Waals surface area contributed by atoms with Gasteiger partial charge in [0, 0.05) is 13.1 Å². The second-order valence-corrected chi connectivity index (χ2v) is 6.12. The van der Waals surface area contributed by atoms with Crippen molar-refractivity contribution in [2.75, 3.05) is 18.0 Å². The van der Waals surface area contributed by atoms with Crippen LogP contribution in [-0.2, 0) is 4.79 Å². The van der Waals surface area contributed by atoms with E-state index in [1.54, 1.807) is 30.3 Å². The molecule has 1 aliphatic rings. The van der Waals surface area contributed by atoms with Gasteiger partial charge in [0.2, 0.25) is 5.95 Å². The molecule has 0 bridgehead atoms. The summed E-state index contributed by atoms with van der Waals surface area (Å²) >= 11 is 6.06. The maximum atomic E-state index is 12.6. The van der Waals surface area contributed by atoms with Crippen LogP contribution in [-0.4, -0.2) is 40.0 Å². The van der Waals surface area contributed by atoms with Crippen LogP contribution in [0.5, 0.6) is 0 Å². The summed E-state index contributed by atoms with van der Waals surface area (Å²) in [5.74, 6) is -1.38. The summed E-state index contributed by atoms with van der Waals surface area (Å²) < 4.78 is 0. The molecule has 2 heterocycles. The largest absolute Gasteiger partial charge is 0.479 e. The fourth-order valence-corrected chi connectivity index (χ4v) is 2.90. The van der Waals surface area contributed by atoms with Gasteiger partial charge in [0.05, 0.1) is 11.2 Å². The first-order valence-electron chi connectivity index (χ1n) is 7.92. The van der Waals surface area contributed by atoms with Gasteiger partial charge < -0.3 is 15.3 Å². The number of carboxylic acids is 1. The number of halogens is 1. The summed E-state index contributed by atoms with van der Waals surface area (Å²) in [6, 6.07) is 7.27. The number of hydrogen-bond donors (Lipinski definition) is 2. The normalized spacial score (nSPS) is 15.0. The average Bonchev–Trinajstić information content (AvgIpc) is 3.15. The average molecular weight is 361 g/mol. The molecule has 1 aliphatic heterocycles. The van der Waals surface area contributed by atoms with Gasteiger partial charge in [-0.1, -0.05) is 41.9 Å². The van der Waals surface area contributed by atoms with E-state index in [2.05, 4.69) is 15.3 Å². The second kappa shape index (κ2) is 7.48. The highest BCUT2D eigenvalue weighted by Crippen LogP contribution is 2.21. The van der Waals surface area contributed by atoms with E-state index >= 15 is 0 Å². The maximum absolute atomic E-state index is 12.6. The van der Waals surface area contributed by atoms with Crippen LogP contribution in [0.1, 0.15) is 34.9 Å². The Hall–Kier alpha value is -2.67. The minimum atomic E-state index is -1.19. The number of carbonyl (C=O) groups is 2. The Morgan fingerprint density at radius 3 is 2.52 bits per heavy atom. The van der Waals surface area contributed by atoms with Crippen molar-refractivity contribution in [3.8, 4) is 0 Å². The van der Waals surface area contributed by atoms with Gasteiger partial charge in [-0.15, -0.1) is 0 Å². The summed E-state index contributed by atoms with van der Waals surface area (Å²) in [5, 5.41) is 12.0. The Morgan fingerprint density at radius 1 is 1.20 bits per heavy atom. The number of carboxylic acid groups (broad SMARTS) is 1. The molecule has 0 aliphatic carbocycles. The molecule has 1 saturated heterocycles. The predicted molar refractivity (Wildman–Crippen MR) is 92.8 cm³/mol. The summed E-state index contributed by atoms with van der Waals surface area (Å²) in [6.07, 6.45) is 3.46. The number of benzene rings is 1. The van der Waals surface area contributed by atoms with E-state index in [1.807, 2.05) is 4.90 Å². The lowest BCUT2D eigenvalue weighted by atomic mass is 10.1.